The summed E-state index contributed by atoms with van der Waals surface area (Å²) < 4.78 is 0. The number of hydrogen-bond acceptors (Lipinski definition) is 8. The minimum absolute atomic E-state index is 0.0250. The van der Waals surface area contributed by atoms with Gasteiger partial charge in [-0.25, -0.2) is 0 Å². The van der Waals surface area contributed by atoms with Crippen LogP contribution in [0, 0.1) is 142 Å². The van der Waals surface area contributed by atoms with Crippen molar-refractivity contribution < 1.29 is 38.4 Å². The lowest BCUT2D eigenvalue weighted by Gasteiger charge is -2.67. The van der Waals surface area contributed by atoms with E-state index >= 15 is 0 Å². The number of unbranched alkanes of at least 4 members (excludes halogenated alkanes) is 2. The molecule has 0 bridgehead atoms. The lowest BCUT2D eigenvalue weighted by molar-refractivity contribution is -0.210. The number of rotatable bonds is 10. The Morgan fingerprint density at radius 2 is 0.423 bits per heavy atom. The van der Waals surface area contributed by atoms with E-state index in [2.05, 4.69) is 13.8 Å². The Balaban J connectivity index is 0.647. The number of carbonyl (C=O) groups excluding carboxylic acids is 8. The van der Waals surface area contributed by atoms with Gasteiger partial charge >= 0.3 is 0 Å². The summed E-state index contributed by atoms with van der Waals surface area (Å²) in [6.45, 7) is 5.84. The molecular formula is C59H80N4O8. The summed E-state index contributed by atoms with van der Waals surface area (Å²) in [5, 5.41) is 0. The highest BCUT2D eigenvalue weighted by atomic mass is 16.2. The standard InChI is InChI=1S/C59H80N4O8/c1-3-5-24-60-52(64)36-16-8-28-32-12-20-40-50-41(21-13-33(46(32)50)29-9-17-37(53(60)65)48(36)44(28)29)57(69)62(56(40)68)26-7-27-63-58(70)42-22-14-34-30-10-18-38-49-39(55(67)61(54(38)66)25-6-4-2)19-11-31(45(30)49)35-15-23-43(59(63)71)51(42)47(34)35/h28-51H,3-27H2,1-2H3. The Bertz CT molecular complexity index is 2020. The summed E-state index contributed by atoms with van der Waals surface area (Å²) in [6.07, 6.45) is 18.7. The van der Waals surface area contributed by atoms with E-state index in [1.807, 2.05) is 0 Å². The molecule has 71 heavy (non-hydrogen) atoms. The summed E-state index contributed by atoms with van der Waals surface area (Å²) >= 11 is 0. The molecule has 4 aliphatic heterocycles. The quantitative estimate of drug-likeness (QED) is 0.203. The van der Waals surface area contributed by atoms with Crippen molar-refractivity contribution in [3.8, 4) is 0 Å². The van der Waals surface area contributed by atoms with E-state index in [1.165, 1.54) is 0 Å². The molecule has 10 saturated carbocycles. The molecule has 0 aromatic heterocycles. The molecule has 4 heterocycles. The third-order valence-corrected chi connectivity index (χ3v) is 25.0. The summed E-state index contributed by atoms with van der Waals surface area (Å²) in [6, 6.07) is 0. The van der Waals surface area contributed by atoms with Gasteiger partial charge in [-0.3, -0.25) is 58.0 Å². The van der Waals surface area contributed by atoms with Gasteiger partial charge in [-0.1, -0.05) is 26.7 Å². The first-order valence-corrected chi connectivity index (χ1v) is 29.9. The van der Waals surface area contributed by atoms with Crippen molar-refractivity contribution in [2.24, 2.45) is 142 Å². The molecule has 0 radical (unpaired) electrons. The van der Waals surface area contributed by atoms with Crippen molar-refractivity contribution in [2.75, 3.05) is 26.2 Å². The van der Waals surface area contributed by atoms with Crippen LogP contribution < -0.4 is 0 Å². The smallest absolute Gasteiger partial charge is 0.232 e. The van der Waals surface area contributed by atoms with Crippen LogP contribution in [0.5, 0.6) is 0 Å². The van der Waals surface area contributed by atoms with E-state index < -0.39 is 0 Å². The molecule has 0 aromatic carbocycles. The Morgan fingerprint density at radius 1 is 0.254 bits per heavy atom. The number of nitrogens with zero attached hydrogens (tertiary/aromatic N) is 4. The first kappa shape index (κ1) is 46.1. The van der Waals surface area contributed by atoms with Gasteiger partial charge in [0.2, 0.25) is 47.3 Å². The van der Waals surface area contributed by atoms with Crippen molar-refractivity contribution >= 4 is 47.3 Å². The van der Waals surface area contributed by atoms with Crippen molar-refractivity contribution in [3.63, 3.8) is 0 Å². The highest BCUT2D eigenvalue weighted by Gasteiger charge is 2.70. The van der Waals surface area contributed by atoms with E-state index in [1.54, 1.807) is 19.6 Å². The molecule has 16 atom stereocenters. The highest BCUT2D eigenvalue weighted by Crippen LogP contribution is 2.71. The maximum atomic E-state index is 14.7. The number of carbonyl (C=O) groups is 8. The Morgan fingerprint density at radius 3 is 0.592 bits per heavy atom. The normalized spacial score (nSPS) is 49.8. The fourth-order valence-electron chi connectivity index (χ4n) is 23.1. The number of piperidine rings is 4. The van der Waals surface area contributed by atoms with Gasteiger partial charge in [0.15, 0.2) is 0 Å². The average Bonchev–Trinajstić information content (AvgIpc) is 3.38. The van der Waals surface area contributed by atoms with Gasteiger partial charge in [0.25, 0.3) is 0 Å². The molecule has 8 amide bonds. The lowest BCUT2D eigenvalue weighted by Crippen LogP contribution is -2.68. The average molecular weight is 973 g/mol. The Labute approximate surface area is 420 Å². The molecular weight excluding hydrogens is 893 g/mol. The van der Waals surface area contributed by atoms with Crippen LogP contribution in [-0.2, 0) is 38.4 Å². The molecule has 16 unspecified atom stereocenters. The Hall–Kier alpha value is -3.44. The fourth-order valence-corrected chi connectivity index (χ4v) is 23.1. The van der Waals surface area contributed by atoms with Gasteiger partial charge in [0, 0.05) is 73.5 Å². The van der Waals surface area contributed by atoms with Crippen LogP contribution in [-0.4, -0.2) is 93.0 Å². The third-order valence-electron chi connectivity index (χ3n) is 25.0. The van der Waals surface area contributed by atoms with Crippen LogP contribution in [0.15, 0.2) is 0 Å². The van der Waals surface area contributed by atoms with Crippen LogP contribution in [0.25, 0.3) is 0 Å². The molecule has 14 aliphatic rings. The largest absolute Gasteiger partial charge is 0.282 e. The number of fused-ring (bicyclic) bond motifs is 4. The second-order valence-electron chi connectivity index (χ2n) is 26.8. The number of likely N-dealkylation sites (tertiary alicyclic amines) is 4. The van der Waals surface area contributed by atoms with Crippen LogP contribution in [0.1, 0.15) is 149 Å². The SMILES string of the molecule is CCCCN1C(=O)C2CCC3C4CCC5C(=O)N(CCCN6C(=O)C7CCC8C9CCC%10C(=O)N(CCCC)C(=O)C%11CCC(C%12CCC(C6=O)C7C8%12)C9C%10%11)C(=O)C6CCC(C7CCC(C1=O)C2C37)C4C56. The van der Waals surface area contributed by atoms with E-state index in [0.717, 1.165) is 128 Å². The maximum Gasteiger partial charge on any atom is 0.232 e. The lowest BCUT2D eigenvalue weighted by atomic mass is 9.38. The predicted octanol–water partition coefficient (Wildman–Crippen LogP) is 7.62. The fraction of sp³-hybridized carbons (Fsp3) is 0.864. The number of hydrogen-bond donors (Lipinski definition) is 0. The molecule has 0 spiro atoms. The first-order valence-electron chi connectivity index (χ1n) is 29.9. The van der Waals surface area contributed by atoms with E-state index in [-0.39, 0.29) is 131 Å². The topological polar surface area (TPSA) is 150 Å². The van der Waals surface area contributed by atoms with Gasteiger partial charge in [-0.15, -0.1) is 0 Å². The van der Waals surface area contributed by atoms with Crippen LogP contribution >= 0.6 is 0 Å². The third kappa shape index (κ3) is 6.26. The van der Waals surface area contributed by atoms with Gasteiger partial charge in [0.05, 0.1) is 0 Å². The zero-order valence-electron chi connectivity index (χ0n) is 42.6. The predicted molar refractivity (Wildman–Crippen MR) is 259 cm³/mol. The Kier molecular flexibility index (Phi) is 11.1. The molecule has 12 heteroatoms. The molecule has 10 aliphatic carbocycles. The van der Waals surface area contributed by atoms with Crippen molar-refractivity contribution in [1.82, 2.24) is 19.6 Å². The van der Waals surface area contributed by atoms with Crippen LogP contribution in [0.3, 0.4) is 0 Å². The van der Waals surface area contributed by atoms with Crippen molar-refractivity contribution in [3.05, 3.63) is 0 Å². The summed E-state index contributed by atoms with van der Waals surface area (Å²) in [5.41, 5.74) is 0. The molecule has 4 saturated heterocycles. The molecule has 14 fully saturated rings. The second kappa shape index (κ2) is 17.0. The van der Waals surface area contributed by atoms with E-state index in [4.69, 9.17) is 0 Å². The summed E-state index contributed by atoms with van der Waals surface area (Å²) in [4.78, 5) is 121. The van der Waals surface area contributed by atoms with E-state index in [0.29, 0.717) is 90.5 Å². The van der Waals surface area contributed by atoms with Crippen molar-refractivity contribution in [2.45, 2.75) is 149 Å². The summed E-state index contributed by atoms with van der Waals surface area (Å²) in [5.74, 6) is 5.02. The second-order valence-corrected chi connectivity index (χ2v) is 26.8. The minimum atomic E-state index is -0.167. The minimum Gasteiger partial charge on any atom is -0.282 e. The van der Waals surface area contributed by atoms with Gasteiger partial charge in [-0.05, 0) is 217 Å². The molecule has 384 valence electrons. The van der Waals surface area contributed by atoms with Crippen molar-refractivity contribution in [1.29, 1.82) is 0 Å². The highest BCUT2D eigenvalue weighted by molar-refractivity contribution is 6.03. The molecule has 0 aromatic rings. The van der Waals surface area contributed by atoms with Crippen LogP contribution in [0.2, 0.25) is 0 Å². The van der Waals surface area contributed by atoms with Gasteiger partial charge < -0.3 is 0 Å². The van der Waals surface area contributed by atoms with Gasteiger partial charge in [0.1, 0.15) is 0 Å². The van der Waals surface area contributed by atoms with Gasteiger partial charge in [-0.2, -0.15) is 0 Å². The molecule has 12 nitrogen and oxygen atoms in total. The monoisotopic (exact) mass is 973 g/mol. The van der Waals surface area contributed by atoms with Crippen LogP contribution in [0.4, 0.5) is 0 Å². The zero-order valence-corrected chi connectivity index (χ0v) is 42.6. The first-order chi connectivity index (χ1) is 34.5. The number of amides is 8. The zero-order chi connectivity index (χ0) is 48.5. The maximum absolute atomic E-state index is 14.7. The molecule has 0 N–H and O–H groups in total. The number of imide groups is 4. The molecule has 14 rings (SSSR count). The van der Waals surface area contributed by atoms with E-state index in [9.17, 15) is 38.4 Å². The summed E-state index contributed by atoms with van der Waals surface area (Å²) in [7, 11) is 0.